The normalized spacial score (nSPS) is 9.63. The van der Waals surface area contributed by atoms with Gasteiger partial charge in [-0.2, -0.15) is 5.26 Å². The summed E-state index contributed by atoms with van der Waals surface area (Å²) in [5.41, 5.74) is 3.22. The van der Waals surface area contributed by atoms with E-state index in [1.54, 1.807) is 0 Å². The van der Waals surface area contributed by atoms with E-state index in [4.69, 9.17) is 5.26 Å². The lowest BCUT2D eigenvalue weighted by Gasteiger charge is -2.04. The molecule has 0 radical (unpaired) electrons. The fourth-order valence-corrected chi connectivity index (χ4v) is 1.83. The molecule has 3 heteroatoms. The molecule has 0 aliphatic rings. The number of nitrogens with one attached hydrogen (secondary N) is 1. The SMILES string of the molecule is N#CCNC(=O)Cc1ccc(-c2ccccc2)cc1. The number of carbonyl (C=O) groups is 1. The van der Waals surface area contributed by atoms with Gasteiger partial charge in [-0.3, -0.25) is 4.79 Å². The van der Waals surface area contributed by atoms with E-state index in [0.29, 0.717) is 6.42 Å². The van der Waals surface area contributed by atoms with Crippen molar-refractivity contribution in [2.24, 2.45) is 0 Å². The van der Waals surface area contributed by atoms with Crippen molar-refractivity contribution in [3.8, 4) is 17.2 Å². The smallest absolute Gasteiger partial charge is 0.225 e. The molecule has 2 aromatic rings. The van der Waals surface area contributed by atoms with Crippen molar-refractivity contribution < 1.29 is 4.79 Å². The Balaban J connectivity index is 2.03. The Hall–Kier alpha value is -2.60. The van der Waals surface area contributed by atoms with Crippen LogP contribution in [-0.4, -0.2) is 12.5 Å². The Morgan fingerprint density at radius 1 is 1.00 bits per heavy atom. The summed E-state index contributed by atoms with van der Waals surface area (Å²) in [7, 11) is 0. The molecule has 0 aliphatic carbocycles. The summed E-state index contributed by atoms with van der Waals surface area (Å²) in [6.45, 7) is 0.0565. The van der Waals surface area contributed by atoms with Gasteiger partial charge >= 0.3 is 0 Å². The first-order valence-corrected chi connectivity index (χ1v) is 6.07. The zero-order valence-corrected chi connectivity index (χ0v) is 10.5. The molecular formula is C16H14N2O. The Kier molecular flexibility index (Phi) is 4.30. The van der Waals surface area contributed by atoms with E-state index >= 15 is 0 Å². The Morgan fingerprint density at radius 3 is 2.26 bits per heavy atom. The number of amides is 1. The third-order valence-electron chi connectivity index (χ3n) is 2.79. The minimum absolute atomic E-state index is 0.0565. The molecule has 0 aromatic heterocycles. The van der Waals surface area contributed by atoms with Crippen LogP contribution < -0.4 is 5.32 Å². The first-order chi connectivity index (χ1) is 9.29. The number of carbonyl (C=O) groups excluding carboxylic acids is 1. The highest BCUT2D eigenvalue weighted by Crippen LogP contribution is 2.19. The van der Waals surface area contributed by atoms with Gasteiger partial charge in [-0.25, -0.2) is 0 Å². The second-order valence-corrected chi connectivity index (χ2v) is 4.17. The number of nitrogens with zero attached hydrogens (tertiary/aromatic N) is 1. The summed E-state index contributed by atoms with van der Waals surface area (Å²) in [5, 5.41) is 10.9. The lowest BCUT2D eigenvalue weighted by atomic mass is 10.0. The van der Waals surface area contributed by atoms with Crippen LogP contribution in [0.5, 0.6) is 0 Å². The predicted molar refractivity (Wildman–Crippen MR) is 74.2 cm³/mol. The maximum absolute atomic E-state index is 11.5. The number of hydrogen-bond donors (Lipinski definition) is 1. The van der Waals surface area contributed by atoms with Crippen LogP contribution >= 0.6 is 0 Å². The largest absolute Gasteiger partial charge is 0.343 e. The third-order valence-corrected chi connectivity index (χ3v) is 2.79. The van der Waals surface area contributed by atoms with Crippen LogP contribution in [0.3, 0.4) is 0 Å². The molecule has 0 aliphatic heterocycles. The van der Waals surface area contributed by atoms with Crippen LogP contribution in [0.4, 0.5) is 0 Å². The molecule has 0 fully saturated rings. The van der Waals surface area contributed by atoms with E-state index in [1.165, 1.54) is 0 Å². The highest BCUT2D eigenvalue weighted by Gasteiger charge is 2.03. The van der Waals surface area contributed by atoms with Crippen molar-refractivity contribution in [1.29, 1.82) is 5.26 Å². The average Bonchev–Trinajstić information content (AvgIpc) is 2.47. The first-order valence-electron chi connectivity index (χ1n) is 6.07. The van der Waals surface area contributed by atoms with E-state index in [2.05, 4.69) is 17.4 Å². The van der Waals surface area contributed by atoms with Gasteiger partial charge in [-0.05, 0) is 16.7 Å². The maximum Gasteiger partial charge on any atom is 0.225 e. The minimum Gasteiger partial charge on any atom is -0.343 e. The van der Waals surface area contributed by atoms with E-state index in [-0.39, 0.29) is 12.5 Å². The van der Waals surface area contributed by atoms with E-state index < -0.39 is 0 Å². The molecule has 19 heavy (non-hydrogen) atoms. The van der Waals surface area contributed by atoms with Gasteiger partial charge in [0, 0.05) is 0 Å². The average molecular weight is 250 g/mol. The van der Waals surface area contributed by atoms with Crippen molar-refractivity contribution in [2.45, 2.75) is 6.42 Å². The van der Waals surface area contributed by atoms with Gasteiger partial charge in [0.15, 0.2) is 0 Å². The van der Waals surface area contributed by atoms with Crippen LogP contribution in [0.2, 0.25) is 0 Å². The molecule has 2 rings (SSSR count). The second kappa shape index (κ2) is 6.36. The molecule has 0 bridgehead atoms. The Bertz CT molecular complexity index is 582. The maximum atomic E-state index is 11.5. The number of nitriles is 1. The zero-order chi connectivity index (χ0) is 13.5. The highest BCUT2D eigenvalue weighted by atomic mass is 16.1. The van der Waals surface area contributed by atoms with Crippen molar-refractivity contribution in [2.75, 3.05) is 6.54 Å². The number of hydrogen-bond acceptors (Lipinski definition) is 2. The van der Waals surface area contributed by atoms with Crippen molar-refractivity contribution >= 4 is 5.91 Å². The monoisotopic (exact) mass is 250 g/mol. The fourth-order valence-electron chi connectivity index (χ4n) is 1.83. The van der Waals surface area contributed by atoms with Crippen LogP contribution in [0.15, 0.2) is 54.6 Å². The molecule has 0 heterocycles. The molecular weight excluding hydrogens is 236 g/mol. The molecule has 1 amide bonds. The van der Waals surface area contributed by atoms with Crippen LogP contribution in [0, 0.1) is 11.3 Å². The van der Waals surface area contributed by atoms with E-state index in [0.717, 1.165) is 16.7 Å². The highest BCUT2D eigenvalue weighted by molar-refractivity contribution is 5.79. The summed E-state index contributed by atoms with van der Waals surface area (Å²) in [4.78, 5) is 11.5. The Morgan fingerprint density at radius 2 is 1.63 bits per heavy atom. The van der Waals surface area contributed by atoms with Crippen molar-refractivity contribution in [1.82, 2.24) is 5.32 Å². The molecule has 0 saturated heterocycles. The summed E-state index contributed by atoms with van der Waals surface area (Å²) >= 11 is 0. The standard InChI is InChI=1S/C16H14N2O/c17-10-11-18-16(19)12-13-6-8-15(9-7-13)14-4-2-1-3-5-14/h1-9H,11-12H2,(H,18,19). The topological polar surface area (TPSA) is 52.9 Å². The predicted octanol–water partition coefficient (Wildman–Crippen LogP) is 2.54. The number of benzene rings is 2. The quantitative estimate of drug-likeness (QED) is 0.848. The molecule has 0 unspecified atom stereocenters. The summed E-state index contributed by atoms with van der Waals surface area (Å²) in [6.07, 6.45) is 0.302. The first kappa shape index (κ1) is 12.8. The van der Waals surface area contributed by atoms with E-state index in [1.807, 2.05) is 48.5 Å². The summed E-state index contributed by atoms with van der Waals surface area (Å²) in [5.74, 6) is -0.131. The summed E-state index contributed by atoms with van der Waals surface area (Å²) in [6, 6.07) is 19.8. The molecule has 2 aromatic carbocycles. The van der Waals surface area contributed by atoms with Crippen LogP contribution in [0.1, 0.15) is 5.56 Å². The van der Waals surface area contributed by atoms with Crippen molar-refractivity contribution in [3.05, 3.63) is 60.2 Å². The van der Waals surface area contributed by atoms with E-state index in [9.17, 15) is 4.79 Å². The van der Waals surface area contributed by atoms with Gasteiger partial charge in [0.1, 0.15) is 6.54 Å². The van der Waals surface area contributed by atoms with Gasteiger partial charge < -0.3 is 5.32 Å². The molecule has 0 atom stereocenters. The summed E-state index contributed by atoms with van der Waals surface area (Å²) < 4.78 is 0. The van der Waals surface area contributed by atoms with Gasteiger partial charge in [0.05, 0.1) is 12.5 Å². The van der Waals surface area contributed by atoms with Crippen molar-refractivity contribution in [3.63, 3.8) is 0 Å². The Labute approximate surface area is 112 Å². The molecule has 0 saturated carbocycles. The van der Waals surface area contributed by atoms with Crippen LogP contribution in [0.25, 0.3) is 11.1 Å². The zero-order valence-electron chi connectivity index (χ0n) is 10.5. The number of rotatable bonds is 4. The minimum atomic E-state index is -0.131. The van der Waals surface area contributed by atoms with Gasteiger partial charge in [-0.1, -0.05) is 54.6 Å². The molecule has 94 valence electrons. The van der Waals surface area contributed by atoms with Gasteiger partial charge in [0.2, 0.25) is 5.91 Å². The van der Waals surface area contributed by atoms with Gasteiger partial charge in [0.25, 0.3) is 0 Å². The molecule has 0 spiro atoms. The van der Waals surface area contributed by atoms with Gasteiger partial charge in [-0.15, -0.1) is 0 Å². The fraction of sp³-hybridized carbons (Fsp3) is 0.125. The molecule has 3 nitrogen and oxygen atoms in total. The second-order valence-electron chi connectivity index (χ2n) is 4.17. The lowest BCUT2D eigenvalue weighted by molar-refractivity contribution is -0.120. The third kappa shape index (κ3) is 3.68. The van der Waals surface area contributed by atoms with Crippen LogP contribution in [-0.2, 0) is 11.2 Å². The lowest BCUT2D eigenvalue weighted by Crippen LogP contribution is -2.25. The molecule has 1 N–H and O–H groups in total.